The van der Waals surface area contributed by atoms with Gasteiger partial charge in [0.1, 0.15) is 5.16 Å². The van der Waals surface area contributed by atoms with Crippen LogP contribution >= 0.6 is 46.6 Å². The molecule has 31 heavy (non-hydrogen) atoms. The van der Waals surface area contributed by atoms with Crippen molar-refractivity contribution in [3.8, 4) is 5.69 Å². The smallest absolute Gasteiger partial charge is 0.164 e. The second kappa shape index (κ2) is 8.06. The highest BCUT2D eigenvalue weighted by Gasteiger charge is 2.40. The maximum atomic E-state index is 6.72. The van der Waals surface area contributed by atoms with Crippen molar-refractivity contribution in [2.24, 2.45) is 4.99 Å². The molecule has 2 aliphatic heterocycles. The number of hydrogen-bond acceptors (Lipinski definition) is 4. The molecule has 0 amide bonds. The van der Waals surface area contributed by atoms with Crippen molar-refractivity contribution in [2.75, 3.05) is 6.26 Å². The molecular weight excluding hydrogens is 471 g/mol. The van der Waals surface area contributed by atoms with Gasteiger partial charge in [-0.05, 0) is 49.1 Å². The summed E-state index contributed by atoms with van der Waals surface area (Å²) in [5, 5.41) is 6.04. The lowest BCUT2D eigenvalue weighted by molar-refractivity contribution is 0.448. The topological polar surface area (TPSA) is 33.4 Å². The number of nitrogens with zero attached hydrogens (tertiary/aromatic N) is 4. The van der Waals surface area contributed by atoms with Crippen molar-refractivity contribution in [3.05, 3.63) is 92.7 Å². The zero-order chi connectivity index (χ0) is 21.7. The van der Waals surface area contributed by atoms with Crippen molar-refractivity contribution in [1.29, 1.82) is 0 Å². The average molecular weight is 488 g/mol. The number of aromatic nitrogens is 2. The zero-order valence-electron chi connectivity index (χ0n) is 16.7. The van der Waals surface area contributed by atoms with Crippen LogP contribution in [-0.4, -0.2) is 26.8 Å². The first kappa shape index (κ1) is 20.7. The molecule has 1 aromatic heterocycles. The zero-order valence-corrected chi connectivity index (χ0v) is 19.8. The van der Waals surface area contributed by atoms with Gasteiger partial charge in [-0.2, -0.15) is 5.10 Å². The standard InChI is InChI=1S/C23H17Cl3N4S/c1-13-19-20(14-7-6-10-16(11-14)31-2)29-21(26)17(24)12-18(25)22(29)27-23(19)30(28-13)15-8-4-3-5-9-15/h3-12,20H,1-2H3. The minimum atomic E-state index is -0.268. The number of allylic oxidation sites excluding steroid dienone is 2. The van der Waals surface area contributed by atoms with Crippen LogP contribution in [0, 0.1) is 6.92 Å². The van der Waals surface area contributed by atoms with Crippen LogP contribution in [0.25, 0.3) is 5.69 Å². The molecule has 8 heteroatoms. The second-order valence-electron chi connectivity index (χ2n) is 7.19. The van der Waals surface area contributed by atoms with E-state index in [1.54, 1.807) is 17.8 Å². The van der Waals surface area contributed by atoms with E-state index in [1.807, 2.05) is 52.9 Å². The summed E-state index contributed by atoms with van der Waals surface area (Å²) in [6.45, 7) is 1.99. The van der Waals surface area contributed by atoms with Gasteiger partial charge in [-0.15, -0.1) is 11.8 Å². The van der Waals surface area contributed by atoms with Gasteiger partial charge in [0.05, 0.1) is 27.5 Å². The Morgan fingerprint density at radius 1 is 1.00 bits per heavy atom. The normalized spacial score (nSPS) is 17.8. The molecule has 1 atom stereocenters. The van der Waals surface area contributed by atoms with Gasteiger partial charge in [0.25, 0.3) is 0 Å². The van der Waals surface area contributed by atoms with Crippen LogP contribution < -0.4 is 0 Å². The predicted octanol–water partition coefficient (Wildman–Crippen LogP) is 7.12. The SMILES string of the molecule is CSc1cccc(C2c3c(C)nn(-c4ccccc4)c3N=C3C(Cl)=CC(Cl)=C(Cl)N32)c1. The highest BCUT2D eigenvalue weighted by Crippen LogP contribution is 2.48. The summed E-state index contributed by atoms with van der Waals surface area (Å²) in [7, 11) is 0. The van der Waals surface area contributed by atoms with E-state index in [0.29, 0.717) is 21.1 Å². The molecule has 5 rings (SSSR count). The number of halogens is 3. The maximum absolute atomic E-state index is 6.72. The van der Waals surface area contributed by atoms with Gasteiger partial charge in [0, 0.05) is 10.5 Å². The molecule has 0 radical (unpaired) electrons. The van der Waals surface area contributed by atoms with Crippen LogP contribution in [0.5, 0.6) is 0 Å². The van der Waals surface area contributed by atoms with Crippen LogP contribution in [0.4, 0.5) is 5.82 Å². The number of fused-ring (bicyclic) bond motifs is 2. The van der Waals surface area contributed by atoms with E-state index in [1.165, 1.54) is 0 Å². The van der Waals surface area contributed by atoms with E-state index < -0.39 is 0 Å². The molecule has 1 unspecified atom stereocenters. The van der Waals surface area contributed by atoms with Crippen molar-refractivity contribution in [1.82, 2.24) is 14.7 Å². The molecule has 4 nitrogen and oxygen atoms in total. The Morgan fingerprint density at radius 2 is 1.77 bits per heavy atom. The number of aryl methyl sites for hydroxylation is 1. The Bertz CT molecular complexity index is 1280. The summed E-state index contributed by atoms with van der Waals surface area (Å²) < 4.78 is 1.86. The van der Waals surface area contributed by atoms with Crippen LogP contribution in [0.1, 0.15) is 22.9 Å². The summed E-state index contributed by atoms with van der Waals surface area (Å²) in [5.41, 5.74) is 3.83. The van der Waals surface area contributed by atoms with Gasteiger partial charge in [-0.3, -0.25) is 0 Å². The number of aliphatic imine (C=N–C) groups is 1. The predicted molar refractivity (Wildman–Crippen MR) is 130 cm³/mol. The van der Waals surface area contributed by atoms with E-state index in [9.17, 15) is 0 Å². The van der Waals surface area contributed by atoms with Crippen LogP contribution in [0.2, 0.25) is 0 Å². The number of amidine groups is 1. The molecule has 0 fully saturated rings. The minimum Gasteiger partial charge on any atom is -0.302 e. The Hall–Kier alpha value is -2.18. The summed E-state index contributed by atoms with van der Waals surface area (Å²) in [6.07, 6.45) is 3.69. The van der Waals surface area contributed by atoms with Crippen LogP contribution in [0.15, 0.2) is 85.8 Å². The molecule has 2 aromatic carbocycles. The lowest BCUT2D eigenvalue weighted by Gasteiger charge is -2.39. The number of thioether (sulfide) groups is 1. The third kappa shape index (κ3) is 3.40. The monoisotopic (exact) mass is 486 g/mol. The Morgan fingerprint density at radius 3 is 2.52 bits per heavy atom. The van der Waals surface area contributed by atoms with Crippen molar-refractivity contribution >= 4 is 58.2 Å². The Balaban J connectivity index is 1.81. The van der Waals surface area contributed by atoms with Crippen LogP contribution in [0.3, 0.4) is 0 Å². The Labute approximate surface area is 199 Å². The molecule has 0 saturated carbocycles. The maximum Gasteiger partial charge on any atom is 0.164 e. The summed E-state index contributed by atoms with van der Waals surface area (Å²) in [5.74, 6) is 1.30. The molecule has 0 saturated heterocycles. The van der Waals surface area contributed by atoms with Crippen LogP contribution in [-0.2, 0) is 0 Å². The molecule has 2 aliphatic rings. The summed E-state index contributed by atoms with van der Waals surface area (Å²) >= 11 is 21.4. The third-order valence-electron chi connectivity index (χ3n) is 5.34. The molecule has 0 spiro atoms. The van der Waals surface area contributed by atoms with E-state index >= 15 is 0 Å². The van der Waals surface area contributed by atoms with Gasteiger partial charge in [-0.25, -0.2) is 9.67 Å². The lowest BCUT2D eigenvalue weighted by atomic mass is 9.94. The average Bonchev–Trinajstić information content (AvgIpc) is 3.13. The molecule has 0 bridgehead atoms. The fourth-order valence-corrected chi connectivity index (χ4v) is 5.16. The first-order chi connectivity index (χ1) is 15.0. The fraction of sp³-hybridized carbons (Fsp3) is 0.130. The minimum absolute atomic E-state index is 0.268. The molecule has 156 valence electrons. The highest BCUT2D eigenvalue weighted by molar-refractivity contribution is 7.98. The highest BCUT2D eigenvalue weighted by atomic mass is 35.5. The number of hydrogen-bond donors (Lipinski definition) is 0. The van der Waals surface area contributed by atoms with E-state index in [4.69, 9.17) is 44.9 Å². The summed E-state index contributed by atoms with van der Waals surface area (Å²) in [6, 6.07) is 18.0. The van der Waals surface area contributed by atoms with E-state index in [2.05, 4.69) is 24.5 Å². The molecular formula is C23H17Cl3N4S. The van der Waals surface area contributed by atoms with Gasteiger partial charge < -0.3 is 4.90 Å². The third-order valence-corrected chi connectivity index (χ3v) is 7.11. The van der Waals surface area contributed by atoms with Gasteiger partial charge >= 0.3 is 0 Å². The number of benzene rings is 2. The van der Waals surface area contributed by atoms with Crippen molar-refractivity contribution in [3.63, 3.8) is 0 Å². The van der Waals surface area contributed by atoms with Gasteiger partial charge in [-0.1, -0.05) is 65.1 Å². The fourth-order valence-electron chi connectivity index (χ4n) is 3.96. The quantitative estimate of drug-likeness (QED) is 0.291. The molecule has 0 aliphatic carbocycles. The van der Waals surface area contributed by atoms with Crippen molar-refractivity contribution < 1.29 is 0 Å². The Kier molecular flexibility index (Phi) is 5.39. The van der Waals surface area contributed by atoms with Gasteiger partial charge in [0.15, 0.2) is 11.7 Å². The number of para-hydroxylation sites is 1. The van der Waals surface area contributed by atoms with Crippen molar-refractivity contribution in [2.45, 2.75) is 17.9 Å². The lowest BCUT2D eigenvalue weighted by Crippen LogP contribution is -2.38. The van der Waals surface area contributed by atoms with Gasteiger partial charge in [0.2, 0.25) is 0 Å². The first-order valence-electron chi connectivity index (χ1n) is 9.59. The molecule has 0 N–H and O–H groups in total. The molecule has 3 aromatic rings. The summed E-state index contributed by atoms with van der Waals surface area (Å²) in [4.78, 5) is 7.96. The second-order valence-corrected chi connectivity index (χ2v) is 9.24. The van der Waals surface area contributed by atoms with E-state index in [-0.39, 0.29) is 6.04 Å². The van der Waals surface area contributed by atoms with E-state index in [0.717, 1.165) is 33.2 Å². The number of rotatable bonds is 3. The molecule has 3 heterocycles. The first-order valence-corrected chi connectivity index (χ1v) is 11.9. The largest absolute Gasteiger partial charge is 0.302 e.